The molecule has 0 atom stereocenters. The largest absolute Gasteiger partial charge is 0.459 e. The van der Waals surface area contributed by atoms with E-state index in [1.54, 1.807) is 13.1 Å². The van der Waals surface area contributed by atoms with Crippen LogP contribution < -0.4 is 5.32 Å². The smallest absolute Gasteiger partial charge is 0.220 e. The quantitative estimate of drug-likeness (QED) is 0.291. The molecule has 4 rings (SSSR count). The molecule has 1 aliphatic rings. The minimum Gasteiger partial charge on any atom is -0.459 e. The molecular weight excluding hydrogens is 533 g/mol. The molecule has 0 saturated carbocycles. The highest BCUT2D eigenvalue weighted by atomic mass is 127. The molecule has 1 saturated heterocycles. The number of aryl methyl sites for hydroxylation is 1. The van der Waals surface area contributed by atoms with Crippen LogP contribution in [0.3, 0.4) is 0 Å². The van der Waals surface area contributed by atoms with Crippen LogP contribution in [0.1, 0.15) is 17.0 Å². The van der Waals surface area contributed by atoms with E-state index in [4.69, 9.17) is 8.94 Å². The summed E-state index contributed by atoms with van der Waals surface area (Å²) in [6.07, 6.45) is 1.38. The Kier molecular flexibility index (Phi) is 7.59. The molecule has 0 bridgehead atoms. The van der Waals surface area contributed by atoms with Crippen molar-refractivity contribution < 1.29 is 17.4 Å². The number of piperazine rings is 1. The maximum absolute atomic E-state index is 12.6. The first-order chi connectivity index (χ1) is 14.5. The first-order valence-electron chi connectivity index (χ1n) is 9.77. The number of hydrogen-bond donors (Lipinski definition) is 1. The number of rotatable bonds is 5. The number of furan rings is 1. The third-order valence-corrected chi connectivity index (χ3v) is 7.13. The summed E-state index contributed by atoms with van der Waals surface area (Å²) in [5.41, 5.74) is 2.39. The molecule has 1 aliphatic heterocycles. The van der Waals surface area contributed by atoms with Crippen LogP contribution in [-0.4, -0.2) is 62.0 Å². The maximum atomic E-state index is 12.6. The molecule has 1 fully saturated rings. The molecule has 0 radical (unpaired) electrons. The molecule has 3 heterocycles. The fraction of sp³-hybridized carbons (Fsp3) is 0.400. The predicted octanol–water partition coefficient (Wildman–Crippen LogP) is 2.57. The number of halogens is 1. The van der Waals surface area contributed by atoms with E-state index < -0.39 is 10.0 Å². The van der Waals surface area contributed by atoms with Crippen LogP contribution in [0, 0.1) is 6.92 Å². The minimum atomic E-state index is -3.43. The number of guanidine groups is 1. The molecule has 2 aromatic heterocycles. The molecule has 3 aromatic rings. The lowest BCUT2D eigenvalue weighted by atomic mass is 10.1. The average molecular weight is 559 g/mol. The van der Waals surface area contributed by atoms with Crippen molar-refractivity contribution in [3.63, 3.8) is 0 Å². The van der Waals surface area contributed by atoms with Gasteiger partial charge in [0.05, 0.1) is 12.2 Å². The van der Waals surface area contributed by atoms with E-state index in [0.29, 0.717) is 38.4 Å². The zero-order valence-electron chi connectivity index (χ0n) is 17.4. The van der Waals surface area contributed by atoms with Gasteiger partial charge in [0.2, 0.25) is 10.0 Å². The second kappa shape index (κ2) is 10.0. The van der Waals surface area contributed by atoms with Crippen LogP contribution in [0.25, 0.3) is 11.0 Å². The van der Waals surface area contributed by atoms with Crippen LogP contribution in [0.5, 0.6) is 0 Å². The van der Waals surface area contributed by atoms with Crippen molar-refractivity contribution >= 4 is 50.9 Å². The van der Waals surface area contributed by atoms with Gasteiger partial charge in [-0.2, -0.15) is 4.31 Å². The summed E-state index contributed by atoms with van der Waals surface area (Å²) in [6.45, 7) is 4.45. The number of nitrogens with zero attached hydrogens (tertiary/aromatic N) is 4. The third kappa shape index (κ3) is 5.21. The van der Waals surface area contributed by atoms with Gasteiger partial charge in [-0.05, 0) is 13.0 Å². The summed E-state index contributed by atoms with van der Waals surface area (Å²) in [7, 11) is -1.71. The van der Waals surface area contributed by atoms with Gasteiger partial charge >= 0.3 is 0 Å². The summed E-state index contributed by atoms with van der Waals surface area (Å²) in [4.78, 5) is 6.41. The normalized spacial score (nSPS) is 15.8. The van der Waals surface area contributed by atoms with Crippen LogP contribution >= 0.6 is 24.0 Å². The van der Waals surface area contributed by atoms with E-state index in [2.05, 4.69) is 20.4 Å². The molecule has 168 valence electrons. The van der Waals surface area contributed by atoms with E-state index in [0.717, 1.165) is 28.3 Å². The maximum Gasteiger partial charge on any atom is 0.220 e. The Morgan fingerprint density at radius 3 is 2.58 bits per heavy atom. The number of fused-ring (bicyclic) bond motifs is 1. The van der Waals surface area contributed by atoms with E-state index in [-0.39, 0.29) is 29.7 Å². The number of sulfonamides is 1. The number of hydrogen-bond acceptors (Lipinski definition) is 6. The van der Waals surface area contributed by atoms with Crippen molar-refractivity contribution in [2.75, 3.05) is 33.2 Å². The second-order valence-corrected chi connectivity index (χ2v) is 9.15. The van der Waals surface area contributed by atoms with Gasteiger partial charge in [-0.25, -0.2) is 8.42 Å². The lowest BCUT2D eigenvalue weighted by molar-refractivity contribution is 0.259. The zero-order valence-corrected chi connectivity index (χ0v) is 20.6. The number of para-hydroxylation sites is 1. The fourth-order valence-electron chi connectivity index (χ4n) is 3.65. The van der Waals surface area contributed by atoms with Crippen molar-refractivity contribution in [2.45, 2.75) is 19.2 Å². The Bertz CT molecular complexity index is 1140. The standard InChI is InChI=1S/C20H25N5O4S.HI/c1-15-17-5-3-4-6-18(17)29-19(15)13-22-20(21-2)24-8-10-25(11-9-24)30(26,27)14-16-7-12-28-23-16;/h3-7,12H,8-11,13-14H2,1-2H3,(H,21,22);1H. The minimum absolute atomic E-state index is 0. The highest BCUT2D eigenvalue weighted by Crippen LogP contribution is 2.24. The number of aliphatic imine (C=N–C) groups is 1. The molecule has 1 aromatic carbocycles. The molecule has 1 N–H and O–H groups in total. The lowest BCUT2D eigenvalue weighted by Gasteiger charge is -2.35. The molecule has 0 spiro atoms. The van der Waals surface area contributed by atoms with Gasteiger partial charge in [0, 0.05) is 50.2 Å². The first kappa shape index (κ1) is 23.5. The highest BCUT2D eigenvalue weighted by Gasteiger charge is 2.29. The Hall–Kier alpha value is -2.12. The number of nitrogens with one attached hydrogen (secondary N) is 1. The second-order valence-electron chi connectivity index (χ2n) is 7.18. The molecular formula is C20H26IN5O4S. The molecule has 0 amide bonds. The summed E-state index contributed by atoms with van der Waals surface area (Å²) >= 11 is 0. The van der Waals surface area contributed by atoms with E-state index in [1.165, 1.54) is 10.6 Å². The van der Waals surface area contributed by atoms with Crippen LogP contribution in [0.15, 0.2) is 50.5 Å². The molecule has 0 unspecified atom stereocenters. The zero-order chi connectivity index (χ0) is 21.1. The van der Waals surface area contributed by atoms with Crippen molar-refractivity contribution in [1.29, 1.82) is 0 Å². The Labute approximate surface area is 198 Å². The highest BCUT2D eigenvalue weighted by molar-refractivity contribution is 14.0. The fourth-order valence-corrected chi connectivity index (χ4v) is 5.08. The average Bonchev–Trinajstić information content (AvgIpc) is 3.37. The van der Waals surface area contributed by atoms with Crippen molar-refractivity contribution in [3.05, 3.63) is 53.6 Å². The molecule has 9 nitrogen and oxygen atoms in total. The summed E-state index contributed by atoms with van der Waals surface area (Å²) in [5, 5.41) is 8.14. The molecule has 31 heavy (non-hydrogen) atoms. The van der Waals surface area contributed by atoms with Crippen molar-refractivity contribution in [3.8, 4) is 0 Å². The summed E-state index contributed by atoms with van der Waals surface area (Å²) in [6, 6.07) is 9.53. The van der Waals surface area contributed by atoms with Gasteiger partial charge in [0.25, 0.3) is 0 Å². The van der Waals surface area contributed by atoms with Crippen LogP contribution in [0.4, 0.5) is 0 Å². The van der Waals surface area contributed by atoms with Gasteiger partial charge in [-0.15, -0.1) is 24.0 Å². The first-order valence-corrected chi connectivity index (χ1v) is 11.4. The van der Waals surface area contributed by atoms with E-state index >= 15 is 0 Å². The topological polar surface area (TPSA) is 104 Å². The summed E-state index contributed by atoms with van der Waals surface area (Å²) in [5.74, 6) is 1.44. The lowest BCUT2D eigenvalue weighted by Crippen LogP contribution is -2.53. The Balaban J connectivity index is 0.00000272. The monoisotopic (exact) mass is 559 g/mol. The Morgan fingerprint density at radius 2 is 1.94 bits per heavy atom. The van der Waals surface area contributed by atoms with Crippen LogP contribution in [0.2, 0.25) is 0 Å². The van der Waals surface area contributed by atoms with E-state index in [9.17, 15) is 8.42 Å². The molecule has 11 heteroatoms. The summed E-state index contributed by atoms with van der Waals surface area (Å²) < 4.78 is 37.4. The van der Waals surface area contributed by atoms with Crippen molar-refractivity contribution in [2.24, 2.45) is 4.99 Å². The van der Waals surface area contributed by atoms with Gasteiger partial charge < -0.3 is 19.2 Å². The molecule has 0 aliphatic carbocycles. The van der Waals surface area contributed by atoms with Gasteiger partial charge in [0.1, 0.15) is 23.4 Å². The van der Waals surface area contributed by atoms with Crippen LogP contribution in [-0.2, 0) is 22.3 Å². The number of aromatic nitrogens is 1. The SMILES string of the molecule is CN=C(NCc1oc2ccccc2c1C)N1CCN(S(=O)(=O)Cc2ccon2)CC1.I. The number of benzene rings is 1. The van der Waals surface area contributed by atoms with Gasteiger partial charge in [-0.1, -0.05) is 23.4 Å². The predicted molar refractivity (Wildman–Crippen MR) is 129 cm³/mol. The Morgan fingerprint density at radius 1 is 1.19 bits per heavy atom. The van der Waals surface area contributed by atoms with E-state index in [1.807, 2.05) is 31.2 Å². The van der Waals surface area contributed by atoms with Gasteiger partial charge in [0.15, 0.2) is 5.96 Å². The van der Waals surface area contributed by atoms with Gasteiger partial charge in [-0.3, -0.25) is 4.99 Å². The third-order valence-electron chi connectivity index (χ3n) is 5.31. The van der Waals surface area contributed by atoms with Crippen molar-refractivity contribution in [1.82, 2.24) is 19.7 Å².